The van der Waals surface area contributed by atoms with E-state index in [9.17, 15) is 4.79 Å². The molecule has 1 aliphatic rings. The highest BCUT2D eigenvalue weighted by atomic mass is 32.1. The fraction of sp³-hybridized carbons (Fsp3) is 0.318. The second-order valence-electron chi connectivity index (χ2n) is 6.88. The molecule has 0 bridgehead atoms. The van der Waals surface area contributed by atoms with Crippen molar-refractivity contribution in [1.29, 1.82) is 0 Å². The van der Waals surface area contributed by atoms with Crippen LogP contribution in [0.1, 0.15) is 22.2 Å². The number of hydrogen-bond donors (Lipinski definition) is 0. The van der Waals surface area contributed by atoms with Gasteiger partial charge in [0.2, 0.25) is 5.88 Å². The molecule has 0 saturated carbocycles. The first-order valence-electron chi connectivity index (χ1n) is 9.98. The maximum absolute atomic E-state index is 13.3. The van der Waals surface area contributed by atoms with Gasteiger partial charge in [-0.25, -0.2) is 4.98 Å². The van der Waals surface area contributed by atoms with Crippen LogP contribution in [-0.2, 0) is 6.54 Å². The summed E-state index contributed by atoms with van der Waals surface area (Å²) < 4.78 is 12.1. The van der Waals surface area contributed by atoms with E-state index in [1.807, 2.05) is 47.8 Å². The normalized spacial score (nSPS) is 15.6. The zero-order valence-corrected chi connectivity index (χ0v) is 17.7. The molecule has 30 heavy (non-hydrogen) atoms. The molecule has 7 nitrogen and oxygen atoms in total. The van der Waals surface area contributed by atoms with E-state index in [4.69, 9.17) is 9.47 Å². The molecule has 0 spiro atoms. The molecule has 2 aromatic heterocycles. The zero-order valence-electron chi connectivity index (χ0n) is 16.9. The number of thiazole rings is 1. The van der Waals surface area contributed by atoms with Crippen molar-refractivity contribution < 1.29 is 14.3 Å². The summed E-state index contributed by atoms with van der Waals surface area (Å²) in [7, 11) is 0. The monoisotopic (exact) mass is 424 g/mol. The van der Waals surface area contributed by atoms with Gasteiger partial charge in [0.25, 0.3) is 5.91 Å². The molecule has 1 amide bonds. The molecular formula is C22H24N4O3S. The number of aromatic nitrogens is 2. The predicted molar refractivity (Wildman–Crippen MR) is 115 cm³/mol. The highest BCUT2D eigenvalue weighted by molar-refractivity contribution is 7.09. The number of pyridine rings is 1. The number of likely N-dealkylation sites (N-methyl/N-ethyl adjacent to an activating group) is 1. The lowest BCUT2D eigenvalue weighted by Gasteiger charge is -2.26. The van der Waals surface area contributed by atoms with Gasteiger partial charge in [-0.2, -0.15) is 0 Å². The minimum atomic E-state index is -0.0870. The van der Waals surface area contributed by atoms with Gasteiger partial charge in [-0.15, -0.1) is 11.3 Å². The largest absolute Gasteiger partial charge is 0.488 e. The van der Waals surface area contributed by atoms with E-state index >= 15 is 0 Å². The van der Waals surface area contributed by atoms with Crippen LogP contribution in [0, 0.1) is 0 Å². The van der Waals surface area contributed by atoms with E-state index < -0.39 is 0 Å². The van der Waals surface area contributed by atoms with Crippen LogP contribution in [0.4, 0.5) is 0 Å². The van der Waals surface area contributed by atoms with Crippen LogP contribution in [0.25, 0.3) is 0 Å². The number of nitrogens with zero attached hydrogens (tertiary/aromatic N) is 4. The third-order valence-corrected chi connectivity index (χ3v) is 5.70. The Morgan fingerprint density at radius 2 is 1.97 bits per heavy atom. The smallest absolute Gasteiger partial charge is 0.259 e. The molecule has 4 rings (SSSR count). The lowest BCUT2D eigenvalue weighted by Crippen LogP contribution is -2.39. The van der Waals surface area contributed by atoms with Gasteiger partial charge in [-0.3, -0.25) is 14.7 Å². The lowest BCUT2D eigenvalue weighted by molar-refractivity contribution is 0.0736. The summed E-state index contributed by atoms with van der Waals surface area (Å²) in [6.45, 7) is 5.94. The quantitative estimate of drug-likeness (QED) is 0.639. The van der Waals surface area contributed by atoms with Gasteiger partial charge in [0, 0.05) is 50.0 Å². The summed E-state index contributed by atoms with van der Waals surface area (Å²) in [5.74, 6) is 1.38. The molecule has 1 aromatic carbocycles. The summed E-state index contributed by atoms with van der Waals surface area (Å²) in [5.41, 5.74) is 2.29. The lowest BCUT2D eigenvalue weighted by atomic mass is 10.2. The number of rotatable bonds is 3. The van der Waals surface area contributed by atoms with Gasteiger partial charge in [-0.1, -0.05) is 12.1 Å². The molecular weight excluding hydrogens is 400 g/mol. The first-order valence-corrected chi connectivity index (χ1v) is 10.9. The Morgan fingerprint density at radius 1 is 1.10 bits per heavy atom. The Bertz CT molecular complexity index is 980. The fourth-order valence-corrected chi connectivity index (χ4v) is 3.96. The SMILES string of the molecule is CCN1CCN(Cc2cncs2)CCOc2ccccc2Oc2ncccc2C1=O. The summed E-state index contributed by atoms with van der Waals surface area (Å²) in [4.78, 5) is 27.0. The Morgan fingerprint density at radius 3 is 2.77 bits per heavy atom. The van der Waals surface area contributed by atoms with E-state index in [2.05, 4.69) is 14.9 Å². The van der Waals surface area contributed by atoms with Crippen molar-refractivity contribution in [3.8, 4) is 17.4 Å². The van der Waals surface area contributed by atoms with Crippen molar-refractivity contribution in [1.82, 2.24) is 19.8 Å². The average molecular weight is 425 g/mol. The molecule has 0 fully saturated rings. The van der Waals surface area contributed by atoms with E-state index in [-0.39, 0.29) is 11.8 Å². The standard InChI is InChI=1S/C22H24N4O3S/c1-2-26-11-10-25(15-17-14-23-16-30-17)12-13-28-19-7-3-4-8-20(19)29-21-18(22(26)27)6-5-9-24-21/h3-9,14,16H,2,10-13,15H2,1H3. The van der Waals surface area contributed by atoms with E-state index in [1.54, 1.807) is 29.7 Å². The molecule has 0 saturated heterocycles. The van der Waals surface area contributed by atoms with Crippen molar-refractivity contribution in [3.63, 3.8) is 0 Å². The summed E-state index contributed by atoms with van der Waals surface area (Å²) >= 11 is 1.63. The Hall–Kier alpha value is -2.97. The van der Waals surface area contributed by atoms with Crippen LogP contribution >= 0.6 is 11.3 Å². The Balaban J connectivity index is 1.65. The minimum absolute atomic E-state index is 0.0870. The molecule has 1 aliphatic heterocycles. The summed E-state index contributed by atoms with van der Waals surface area (Å²) in [5, 5.41) is 0. The molecule has 156 valence electrons. The Labute approximate surface area is 179 Å². The van der Waals surface area contributed by atoms with Crippen LogP contribution < -0.4 is 9.47 Å². The summed E-state index contributed by atoms with van der Waals surface area (Å²) in [6, 6.07) is 11.0. The van der Waals surface area contributed by atoms with Gasteiger partial charge >= 0.3 is 0 Å². The molecule has 0 radical (unpaired) electrons. The third-order valence-electron chi connectivity index (χ3n) is 4.94. The molecule has 0 atom stereocenters. The maximum Gasteiger partial charge on any atom is 0.259 e. The first kappa shape index (κ1) is 20.3. The van der Waals surface area contributed by atoms with Crippen LogP contribution in [0.2, 0.25) is 0 Å². The number of ether oxygens (including phenoxy) is 2. The average Bonchev–Trinajstić information content (AvgIpc) is 3.28. The number of benzene rings is 1. The molecule has 0 N–H and O–H groups in total. The topological polar surface area (TPSA) is 67.8 Å². The van der Waals surface area contributed by atoms with Crippen LogP contribution in [0.15, 0.2) is 54.3 Å². The van der Waals surface area contributed by atoms with Gasteiger partial charge in [0.1, 0.15) is 12.2 Å². The van der Waals surface area contributed by atoms with Gasteiger partial charge in [-0.05, 0) is 31.2 Å². The van der Waals surface area contributed by atoms with Gasteiger partial charge in [0.05, 0.1) is 5.51 Å². The van der Waals surface area contributed by atoms with Crippen molar-refractivity contribution in [2.75, 3.05) is 32.8 Å². The first-order chi connectivity index (χ1) is 14.7. The van der Waals surface area contributed by atoms with Crippen molar-refractivity contribution in [2.45, 2.75) is 13.5 Å². The molecule has 0 unspecified atom stereocenters. The molecule has 0 aliphatic carbocycles. The van der Waals surface area contributed by atoms with Crippen molar-refractivity contribution in [2.24, 2.45) is 0 Å². The highest BCUT2D eigenvalue weighted by Crippen LogP contribution is 2.32. The molecule has 3 heterocycles. The van der Waals surface area contributed by atoms with Crippen LogP contribution in [0.5, 0.6) is 17.4 Å². The number of amides is 1. The number of fused-ring (bicyclic) bond motifs is 2. The second kappa shape index (κ2) is 9.69. The minimum Gasteiger partial charge on any atom is -0.488 e. The summed E-state index contributed by atoms with van der Waals surface area (Å²) in [6.07, 6.45) is 3.52. The third kappa shape index (κ3) is 4.77. The number of carbonyl (C=O) groups is 1. The van der Waals surface area contributed by atoms with E-state index in [0.717, 1.165) is 19.6 Å². The number of carbonyl (C=O) groups excluding carboxylic acids is 1. The zero-order chi connectivity index (χ0) is 20.8. The van der Waals surface area contributed by atoms with Crippen LogP contribution in [0.3, 0.4) is 0 Å². The maximum atomic E-state index is 13.3. The number of para-hydroxylation sites is 2. The second-order valence-corrected chi connectivity index (χ2v) is 7.85. The molecule has 8 heteroatoms. The van der Waals surface area contributed by atoms with E-state index in [0.29, 0.717) is 36.8 Å². The predicted octanol–water partition coefficient (Wildman–Crippen LogP) is 3.69. The number of hydrogen-bond acceptors (Lipinski definition) is 7. The fourth-order valence-electron chi connectivity index (χ4n) is 3.32. The highest BCUT2D eigenvalue weighted by Gasteiger charge is 2.22. The van der Waals surface area contributed by atoms with Gasteiger partial charge in [0.15, 0.2) is 11.5 Å². The molecule has 3 aromatic rings. The van der Waals surface area contributed by atoms with E-state index in [1.165, 1.54) is 4.88 Å². The van der Waals surface area contributed by atoms with Gasteiger partial charge < -0.3 is 14.4 Å². The van der Waals surface area contributed by atoms with Crippen molar-refractivity contribution >= 4 is 17.2 Å². The van der Waals surface area contributed by atoms with Crippen LogP contribution in [-0.4, -0.2) is 58.5 Å². The van der Waals surface area contributed by atoms with Crippen molar-refractivity contribution in [3.05, 3.63) is 64.7 Å². The Kier molecular flexibility index (Phi) is 6.56.